The van der Waals surface area contributed by atoms with E-state index < -0.39 is 82.5 Å². The van der Waals surface area contributed by atoms with Gasteiger partial charge in [0.15, 0.2) is 46.5 Å². The van der Waals surface area contributed by atoms with Gasteiger partial charge in [0, 0.05) is 0 Å². The number of halogens is 10. The zero-order valence-electron chi connectivity index (χ0n) is 13.9. The number of benzene rings is 2. The highest BCUT2D eigenvalue weighted by Gasteiger charge is 2.25. The van der Waals surface area contributed by atoms with Crippen LogP contribution in [-0.4, -0.2) is 13.2 Å². The number of hydrogen-bond acceptors (Lipinski definition) is 1. The van der Waals surface area contributed by atoms with Crippen molar-refractivity contribution < 1.29 is 48.6 Å². The summed E-state index contributed by atoms with van der Waals surface area (Å²) in [7, 11) is 0. The van der Waals surface area contributed by atoms with E-state index in [1.165, 1.54) is 0 Å². The predicted molar refractivity (Wildman–Crippen MR) is 81.4 cm³/mol. The minimum Gasteiger partial charge on any atom is -0.373 e. The molecule has 2 aromatic rings. The van der Waals surface area contributed by atoms with Gasteiger partial charge >= 0.3 is 0 Å². The topological polar surface area (TPSA) is 9.23 Å². The van der Waals surface area contributed by atoms with Crippen molar-refractivity contribution in [1.29, 1.82) is 0 Å². The fourth-order valence-electron chi connectivity index (χ4n) is 2.07. The smallest absolute Gasteiger partial charge is 0.200 e. The van der Waals surface area contributed by atoms with E-state index in [0.29, 0.717) is 12.2 Å². The highest BCUT2D eigenvalue weighted by atomic mass is 19.2. The molecular weight excluding hydrogens is 422 g/mol. The van der Waals surface area contributed by atoms with Crippen LogP contribution in [0.25, 0.3) is 12.2 Å². The van der Waals surface area contributed by atoms with Crippen molar-refractivity contribution in [2.24, 2.45) is 0 Å². The zero-order valence-corrected chi connectivity index (χ0v) is 13.9. The van der Waals surface area contributed by atoms with Crippen LogP contribution in [0.1, 0.15) is 11.1 Å². The van der Waals surface area contributed by atoms with Crippen molar-refractivity contribution in [1.82, 2.24) is 0 Å². The molecule has 0 N–H and O–H groups in total. The first-order valence-electron chi connectivity index (χ1n) is 7.53. The van der Waals surface area contributed by atoms with Crippen molar-refractivity contribution in [2.75, 3.05) is 13.2 Å². The van der Waals surface area contributed by atoms with Gasteiger partial charge in [-0.05, 0) is 0 Å². The van der Waals surface area contributed by atoms with Crippen LogP contribution in [0.4, 0.5) is 43.9 Å². The van der Waals surface area contributed by atoms with Gasteiger partial charge in [-0.1, -0.05) is 24.3 Å². The Morgan fingerprint density at radius 1 is 0.414 bits per heavy atom. The first-order chi connectivity index (χ1) is 13.6. The Kier molecular flexibility index (Phi) is 7.07. The van der Waals surface area contributed by atoms with E-state index in [4.69, 9.17) is 4.74 Å². The van der Waals surface area contributed by atoms with Crippen LogP contribution in [0.5, 0.6) is 0 Å². The normalized spacial score (nSPS) is 11.9. The highest BCUT2D eigenvalue weighted by molar-refractivity contribution is 5.52. The lowest BCUT2D eigenvalue weighted by Crippen LogP contribution is -2.04. The SMILES string of the molecule is Fc1c(F)c(F)c(C=CCOCC=Cc2c(F)c(F)c(F)c(F)c2F)c(F)c1F. The molecule has 0 saturated heterocycles. The molecule has 0 unspecified atom stereocenters. The van der Waals surface area contributed by atoms with Crippen molar-refractivity contribution in [2.45, 2.75) is 0 Å². The fraction of sp³-hybridized carbons (Fsp3) is 0.111. The molecule has 0 aliphatic heterocycles. The molecule has 0 heterocycles. The number of hydrogen-bond donors (Lipinski definition) is 0. The van der Waals surface area contributed by atoms with Crippen molar-refractivity contribution in [3.8, 4) is 0 Å². The summed E-state index contributed by atoms with van der Waals surface area (Å²) in [5.41, 5.74) is -2.41. The lowest BCUT2D eigenvalue weighted by molar-refractivity contribution is 0.195. The lowest BCUT2D eigenvalue weighted by Gasteiger charge is -2.04. The van der Waals surface area contributed by atoms with E-state index in [2.05, 4.69) is 0 Å². The number of rotatable bonds is 6. The summed E-state index contributed by atoms with van der Waals surface area (Å²) in [5.74, 6) is -21.4. The van der Waals surface area contributed by atoms with Crippen LogP contribution in [-0.2, 0) is 4.74 Å². The van der Waals surface area contributed by atoms with E-state index in [0.717, 1.165) is 12.2 Å². The van der Waals surface area contributed by atoms with E-state index in [9.17, 15) is 43.9 Å². The minimum atomic E-state index is -2.31. The Morgan fingerprint density at radius 2 is 0.655 bits per heavy atom. The molecule has 0 aliphatic carbocycles. The van der Waals surface area contributed by atoms with Crippen LogP contribution in [0.2, 0.25) is 0 Å². The molecule has 156 valence electrons. The van der Waals surface area contributed by atoms with Gasteiger partial charge in [0.05, 0.1) is 24.3 Å². The van der Waals surface area contributed by atoms with Crippen LogP contribution in [0.15, 0.2) is 12.2 Å². The fourth-order valence-corrected chi connectivity index (χ4v) is 2.07. The maximum atomic E-state index is 13.4. The summed E-state index contributed by atoms with van der Waals surface area (Å²) in [6, 6.07) is 0. The number of ether oxygens (including phenoxy) is 1. The van der Waals surface area contributed by atoms with E-state index in [1.54, 1.807) is 0 Å². The van der Waals surface area contributed by atoms with Crippen molar-refractivity contribution in [3.63, 3.8) is 0 Å². The van der Waals surface area contributed by atoms with Crippen molar-refractivity contribution in [3.05, 3.63) is 81.5 Å². The third-order valence-corrected chi connectivity index (χ3v) is 3.48. The molecular formula is C18H8F10O. The second kappa shape index (κ2) is 9.12. The Balaban J connectivity index is 2.02. The summed E-state index contributed by atoms with van der Waals surface area (Å²) >= 11 is 0. The van der Waals surface area contributed by atoms with Gasteiger partial charge in [-0.3, -0.25) is 0 Å². The summed E-state index contributed by atoms with van der Waals surface area (Å²) in [6.45, 7) is -0.887. The lowest BCUT2D eigenvalue weighted by atomic mass is 10.1. The zero-order chi connectivity index (χ0) is 21.9. The Labute approximate surface area is 156 Å². The molecule has 1 nitrogen and oxygen atoms in total. The largest absolute Gasteiger partial charge is 0.373 e. The van der Waals surface area contributed by atoms with E-state index in [-0.39, 0.29) is 0 Å². The Hall–Kier alpha value is -2.82. The molecule has 0 atom stereocenters. The van der Waals surface area contributed by atoms with Crippen LogP contribution in [0.3, 0.4) is 0 Å². The molecule has 2 rings (SSSR count). The second-order valence-electron chi connectivity index (χ2n) is 5.31. The molecule has 0 aliphatic rings. The molecule has 0 radical (unpaired) electrons. The van der Waals surface area contributed by atoms with Gasteiger partial charge in [0.1, 0.15) is 0 Å². The van der Waals surface area contributed by atoms with Gasteiger partial charge in [-0.15, -0.1) is 0 Å². The first kappa shape index (κ1) is 22.5. The average molecular weight is 430 g/mol. The average Bonchev–Trinajstić information content (AvgIpc) is 2.71. The standard InChI is InChI=1S/C18H8F10O/c19-9-7(10(20)14(24)17(27)13(9)23)3-1-5-29-6-2-4-8-11(21)15(25)18(28)16(26)12(8)22/h1-4H,5-6H2. The highest BCUT2D eigenvalue weighted by Crippen LogP contribution is 2.25. The third-order valence-electron chi connectivity index (χ3n) is 3.48. The minimum absolute atomic E-state index is 0.444. The quantitative estimate of drug-likeness (QED) is 0.243. The second-order valence-corrected chi connectivity index (χ2v) is 5.31. The summed E-state index contributed by atoms with van der Waals surface area (Å²) < 4.78 is 136. The Morgan fingerprint density at radius 3 is 0.931 bits per heavy atom. The third kappa shape index (κ3) is 4.44. The molecule has 0 aromatic heterocycles. The molecule has 0 saturated carbocycles. The molecule has 2 aromatic carbocycles. The molecule has 0 amide bonds. The summed E-state index contributed by atoms with van der Waals surface area (Å²) in [6.07, 6.45) is 2.88. The molecule has 0 fully saturated rings. The summed E-state index contributed by atoms with van der Waals surface area (Å²) in [5, 5.41) is 0. The van der Waals surface area contributed by atoms with Gasteiger partial charge in [0.2, 0.25) is 11.6 Å². The predicted octanol–water partition coefficient (Wildman–Crippen LogP) is 5.82. The molecule has 11 heteroatoms. The molecule has 29 heavy (non-hydrogen) atoms. The first-order valence-corrected chi connectivity index (χ1v) is 7.53. The molecule has 0 spiro atoms. The maximum Gasteiger partial charge on any atom is 0.200 e. The maximum absolute atomic E-state index is 13.4. The van der Waals surface area contributed by atoms with Crippen LogP contribution in [0, 0.1) is 58.2 Å². The molecule has 0 bridgehead atoms. The van der Waals surface area contributed by atoms with Crippen LogP contribution >= 0.6 is 0 Å². The van der Waals surface area contributed by atoms with Gasteiger partial charge in [0.25, 0.3) is 0 Å². The van der Waals surface area contributed by atoms with E-state index >= 15 is 0 Å². The monoisotopic (exact) mass is 430 g/mol. The summed E-state index contributed by atoms with van der Waals surface area (Å²) in [4.78, 5) is 0. The van der Waals surface area contributed by atoms with Gasteiger partial charge in [-0.2, -0.15) is 0 Å². The van der Waals surface area contributed by atoms with Gasteiger partial charge in [-0.25, -0.2) is 43.9 Å². The van der Waals surface area contributed by atoms with Crippen LogP contribution < -0.4 is 0 Å². The Bertz CT molecular complexity index is 860. The van der Waals surface area contributed by atoms with Crippen molar-refractivity contribution >= 4 is 12.2 Å². The van der Waals surface area contributed by atoms with E-state index in [1.807, 2.05) is 0 Å². The van der Waals surface area contributed by atoms with Gasteiger partial charge < -0.3 is 4.74 Å².